The normalized spacial score (nSPS) is 12.7. The van der Waals surface area contributed by atoms with Crippen LogP contribution in [0.15, 0.2) is 27.2 Å². The summed E-state index contributed by atoms with van der Waals surface area (Å²) < 4.78 is 18.8. The van der Waals surface area contributed by atoms with Gasteiger partial charge in [0, 0.05) is 18.0 Å². The lowest BCUT2D eigenvalue weighted by Crippen LogP contribution is -2.18. The van der Waals surface area contributed by atoms with Gasteiger partial charge in [-0.2, -0.15) is 4.98 Å². The Morgan fingerprint density at radius 1 is 1.53 bits per heavy atom. The molecule has 2 rings (SSSR count). The molecule has 0 aliphatic carbocycles. The van der Waals surface area contributed by atoms with Crippen LogP contribution in [0.5, 0.6) is 0 Å². The summed E-state index contributed by atoms with van der Waals surface area (Å²) in [5, 5.41) is 3.78. The van der Waals surface area contributed by atoms with E-state index in [2.05, 4.69) is 26.1 Å². The predicted molar refractivity (Wildman–Crippen MR) is 64.7 cm³/mol. The van der Waals surface area contributed by atoms with Crippen molar-refractivity contribution in [3.05, 3.63) is 34.3 Å². The maximum absolute atomic E-state index is 13.3. The van der Waals surface area contributed by atoms with Crippen LogP contribution in [-0.4, -0.2) is 16.2 Å². The molecule has 0 saturated heterocycles. The fraction of sp³-hybridized carbons (Fsp3) is 0.273. The fourth-order valence-corrected chi connectivity index (χ4v) is 1.62. The molecule has 1 aromatic heterocycles. The molecule has 0 spiro atoms. The topological polar surface area (TPSA) is 64.9 Å². The molecule has 2 aromatic rings. The molecule has 1 atom stereocenters. The summed E-state index contributed by atoms with van der Waals surface area (Å²) in [6, 6.07) is 4.60. The monoisotopic (exact) mass is 299 g/mol. The molecule has 0 radical (unpaired) electrons. The van der Waals surface area contributed by atoms with Crippen molar-refractivity contribution in [3.63, 3.8) is 0 Å². The highest BCUT2D eigenvalue weighted by molar-refractivity contribution is 9.10. The Balaban J connectivity index is 2.27. The number of halogens is 2. The van der Waals surface area contributed by atoms with Crippen LogP contribution in [0, 0.1) is 5.82 Å². The molecule has 1 unspecified atom stereocenters. The van der Waals surface area contributed by atoms with E-state index in [0.717, 1.165) is 0 Å². The Morgan fingerprint density at radius 2 is 2.29 bits per heavy atom. The van der Waals surface area contributed by atoms with Crippen LogP contribution < -0.4 is 5.73 Å². The van der Waals surface area contributed by atoms with Gasteiger partial charge < -0.3 is 10.3 Å². The third-order valence-corrected chi connectivity index (χ3v) is 2.78. The molecule has 1 heterocycles. The van der Waals surface area contributed by atoms with Crippen LogP contribution in [-0.2, 0) is 6.42 Å². The van der Waals surface area contributed by atoms with Gasteiger partial charge in [0.2, 0.25) is 0 Å². The molecule has 1 aromatic carbocycles. The first-order valence-electron chi connectivity index (χ1n) is 5.10. The second-order valence-electron chi connectivity index (χ2n) is 3.83. The highest BCUT2D eigenvalue weighted by Gasteiger charge is 2.11. The number of nitrogens with two attached hydrogens (primary N) is 1. The van der Waals surface area contributed by atoms with E-state index in [9.17, 15) is 4.39 Å². The van der Waals surface area contributed by atoms with Crippen LogP contribution in [0.2, 0.25) is 0 Å². The lowest BCUT2D eigenvalue weighted by atomic mass is 10.2. The molecular formula is C11H11BrFN3O. The number of hydrogen-bond acceptors (Lipinski definition) is 4. The number of hydrogen-bond donors (Lipinski definition) is 1. The van der Waals surface area contributed by atoms with Crippen LogP contribution in [0.3, 0.4) is 0 Å². The molecule has 0 aliphatic heterocycles. The van der Waals surface area contributed by atoms with E-state index in [1.807, 2.05) is 6.92 Å². The van der Waals surface area contributed by atoms with Gasteiger partial charge in [-0.1, -0.05) is 5.16 Å². The predicted octanol–water partition coefficient (Wildman–Crippen LogP) is 2.53. The van der Waals surface area contributed by atoms with Crippen molar-refractivity contribution in [1.29, 1.82) is 0 Å². The average Bonchev–Trinajstić information content (AvgIpc) is 2.69. The first kappa shape index (κ1) is 12.2. The molecule has 6 heteroatoms. The molecule has 90 valence electrons. The van der Waals surface area contributed by atoms with Gasteiger partial charge in [0.05, 0.1) is 4.47 Å². The summed E-state index contributed by atoms with van der Waals surface area (Å²) >= 11 is 3.08. The molecule has 4 nitrogen and oxygen atoms in total. The summed E-state index contributed by atoms with van der Waals surface area (Å²) in [6.45, 7) is 1.86. The Bertz CT molecular complexity index is 527. The molecule has 2 N–H and O–H groups in total. The van der Waals surface area contributed by atoms with E-state index in [-0.39, 0.29) is 11.9 Å². The quantitative estimate of drug-likeness (QED) is 0.946. The second kappa shape index (κ2) is 4.93. The van der Waals surface area contributed by atoms with Crippen molar-refractivity contribution < 1.29 is 8.91 Å². The van der Waals surface area contributed by atoms with Crippen LogP contribution in [0.1, 0.15) is 12.7 Å². The summed E-state index contributed by atoms with van der Waals surface area (Å²) in [6.07, 6.45) is 0.530. The van der Waals surface area contributed by atoms with Gasteiger partial charge in [0.25, 0.3) is 5.89 Å². The van der Waals surface area contributed by atoms with Gasteiger partial charge in [-0.05, 0) is 41.1 Å². The Morgan fingerprint density at radius 3 is 2.94 bits per heavy atom. The van der Waals surface area contributed by atoms with E-state index in [1.54, 1.807) is 12.1 Å². The van der Waals surface area contributed by atoms with Crippen LogP contribution in [0.25, 0.3) is 11.5 Å². The largest absolute Gasteiger partial charge is 0.334 e. The molecule has 0 aliphatic rings. The maximum atomic E-state index is 13.3. The Kier molecular flexibility index (Phi) is 3.54. The molecule has 0 amide bonds. The molecule has 17 heavy (non-hydrogen) atoms. The third-order valence-electron chi connectivity index (χ3n) is 2.14. The van der Waals surface area contributed by atoms with Crippen molar-refractivity contribution in [2.45, 2.75) is 19.4 Å². The van der Waals surface area contributed by atoms with Gasteiger partial charge in [-0.3, -0.25) is 0 Å². The molecule has 0 bridgehead atoms. The molecule has 0 saturated carbocycles. The fourth-order valence-electron chi connectivity index (χ4n) is 1.37. The maximum Gasteiger partial charge on any atom is 0.258 e. The summed E-state index contributed by atoms with van der Waals surface area (Å²) in [4.78, 5) is 4.15. The summed E-state index contributed by atoms with van der Waals surface area (Å²) in [5.41, 5.74) is 6.18. The van der Waals surface area contributed by atoms with Gasteiger partial charge >= 0.3 is 0 Å². The number of rotatable bonds is 3. The van der Waals surface area contributed by atoms with Crippen molar-refractivity contribution in [2.75, 3.05) is 0 Å². The number of nitrogens with zero attached hydrogens (tertiary/aromatic N) is 2. The summed E-state index contributed by atoms with van der Waals surface area (Å²) in [7, 11) is 0. The van der Waals surface area contributed by atoms with Crippen molar-refractivity contribution in [2.24, 2.45) is 5.73 Å². The van der Waals surface area contributed by atoms with Crippen molar-refractivity contribution >= 4 is 15.9 Å². The second-order valence-corrected chi connectivity index (χ2v) is 4.68. The van der Waals surface area contributed by atoms with E-state index < -0.39 is 0 Å². The number of aromatic nitrogens is 2. The number of benzene rings is 1. The zero-order valence-electron chi connectivity index (χ0n) is 9.15. The molecular weight excluding hydrogens is 289 g/mol. The van der Waals surface area contributed by atoms with E-state index >= 15 is 0 Å². The average molecular weight is 300 g/mol. The Labute approximate surface area is 106 Å². The lowest BCUT2D eigenvalue weighted by Gasteiger charge is -1.97. The minimum absolute atomic E-state index is 0.0397. The van der Waals surface area contributed by atoms with Crippen molar-refractivity contribution in [3.8, 4) is 11.5 Å². The SMILES string of the molecule is CC(N)Cc1noc(-c2ccc(Br)c(F)c2)n1. The standard InChI is InChI=1S/C11H11BrFN3O/c1-6(14)4-10-15-11(17-16-10)7-2-3-8(12)9(13)5-7/h2-3,5-6H,4,14H2,1H3. The van der Waals surface area contributed by atoms with Gasteiger partial charge in [0.15, 0.2) is 5.82 Å². The van der Waals surface area contributed by atoms with Gasteiger partial charge in [0.1, 0.15) is 5.82 Å². The first-order chi connectivity index (χ1) is 8.06. The van der Waals surface area contributed by atoms with Crippen LogP contribution in [0.4, 0.5) is 4.39 Å². The highest BCUT2D eigenvalue weighted by Crippen LogP contribution is 2.23. The van der Waals surface area contributed by atoms with Crippen molar-refractivity contribution in [1.82, 2.24) is 10.1 Å². The third kappa shape index (κ3) is 2.89. The smallest absolute Gasteiger partial charge is 0.258 e. The minimum Gasteiger partial charge on any atom is -0.334 e. The lowest BCUT2D eigenvalue weighted by molar-refractivity contribution is 0.420. The minimum atomic E-state index is -0.366. The first-order valence-corrected chi connectivity index (χ1v) is 5.89. The van der Waals surface area contributed by atoms with E-state index in [4.69, 9.17) is 10.3 Å². The van der Waals surface area contributed by atoms with E-state index in [0.29, 0.717) is 28.2 Å². The summed E-state index contributed by atoms with van der Waals surface area (Å²) in [5.74, 6) is 0.458. The zero-order valence-corrected chi connectivity index (χ0v) is 10.7. The highest BCUT2D eigenvalue weighted by atomic mass is 79.9. The van der Waals surface area contributed by atoms with Gasteiger partial charge in [-0.25, -0.2) is 4.39 Å². The molecule has 0 fully saturated rings. The van der Waals surface area contributed by atoms with E-state index in [1.165, 1.54) is 6.07 Å². The Hall–Kier alpha value is -1.27. The zero-order chi connectivity index (χ0) is 12.4. The van der Waals surface area contributed by atoms with Gasteiger partial charge in [-0.15, -0.1) is 0 Å². The van der Waals surface area contributed by atoms with Crippen LogP contribution >= 0.6 is 15.9 Å².